The summed E-state index contributed by atoms with van der Waals surface area (Å²) in [5, 5.41) is 8.91. The number of hydrogen-bond donors (Lipinski definition) is 1. The largest absolute Gasteiger partial charge is 0.264 e. The molecule has 0 bridgehead atoms. The van der Waals surface area contributed by atoms with E-state index in [-0.39, 0.29) is 17.0 Å². The molecule has 0 aliphatic carbocycles. The lowest BCUT2D eigenvalue weighted by atomic mass is 10.2. The summed E-state index contributed by atoms with van der Waals surface area (Å²) >= 11 is 0. The highest BCUT2D eigenvalue weighted by atomic mass is 32.2. The number of sulfonamides is 1. The normalized spacial score (nSPS) is 10.9. The number of nitrogens with one attached hydrogen (secondary N) is 1. The molecule has 1 aromatic heterocycles. The van der Waals surface area contributed by atoms with Crippen molar-refractivity contribution in [2.75, 3.05) is 0 Å². The van der Waals surface area contributed by atoms with Crippen molar-refractivity contribution in [1.29, 1.82) is 5.26 Å². The van der Waals surface area contributed by atoms with Gasteiger partial charge in [-0.1, -0.05) is 18.2 Å². The summed E-state index contributed by atoms with van der Waals surface area (Å²) in [6.07, 6.45) is 3.20. The van der Waals surface area contributed by atoms with Crippen LogP contribution in [0.4, 0.5) is 0 Å². The number of pyridine rings is 1. The summed E-state index contributed by atoms with van der Waals surface area (Å²) in [5.41, 5.74) is 0.877. The first-order valence-electron chi connectivity index (χ1n) is 5.51. The SMILES string of the molecule is N#Cc1ccccc1S(=O)(=O)NCc1cccnc1. The second kappa shape index (κ2) is 5.61. The van der Waals surface area contributed by atoms with Gasteiger partial charge in [-0.3, -0.25) is 4.98 Å². The predicted molar refractivity (Wildman–Crippen MR) is 69.4 cm³/mol. The number of nitriles is 1. The molecule has 19 heavy (non-hydrogen) atoms. The minimum Gasteiger partial charge on any atom is -0.264 e. The average molecular weight is 273 g/mol. The minimum absolute atomic E-state index is 0.0126. The third-order valence-electron chi connectivity index (χ3n) is 2.49. The van der Waals surface area contributed by atoms with Crippen molar-refractivity contribution in [3.8, 4) is 6.07 Å². The molecule has 0 amide bonds. The third kappa shape index (κ3) is 3.16. The van der Waals surface area contributed by atoms with Gasteiger partial charge in [0.1, 0.15) is 6.07 Å². The molecule has 96 valence electrons. The van der Waals surface area contributed by atoms with Crippen LogP contribution in [0.15, 0.2) is 53.7 Å². The molecular formula is C13H11N3O2S. The molecule has 0 saturated carbocycles. The number of aromatic nitrogens is 1. The molecule has 0 aliphatic heterocycles. The van der Waals surface area contributed by atoms with E-state index in [4.69, 9.17) is 5.26 Å². The second-order valence-corrected chi connectivity index (χ2v) is 5.53. The lowest BCUT2D eigenvalue weighted by molar-refractivity contribution is 0.581. The number of hydrogen-bond acceptors (Lipinski definition) is 4. The van der Waals surface area contributed by atoms with Crippen molar-refractivity contribution in [3.63, 3.8) is 0 Å². The van der Waals surface area contributed by atoms with Gasteiger partial charge >= 0.3 is 0 Å². The Kier molecular flexibility index (Phi) is 3.90. The van der Waals surface area contributed by atoms with Crippen molar-refractivity contribution in [2.24, 2.45) is 0 Å². The van der Waals surface area contributed by atoms with E-state index >= 15 is 0 Å². The number of benzene rings is 1. The lowest BCUT2D eigenvalue weighted by Crippen LogP contribution is -2.24. The van der Waals surface area contributed by atoms with Crippen molar-refractivity contribution < 1.29 is 8.42 Å². The van der Waals surface area contributed by atoms with Gasteiger partial charge in [0.15, 0.2) is 0 Å². The van der Waals surface area contributed by atoms with Crippen LogP contribution in [0.3, 0.4) is 0 Å². The van der Waals surface area contributed by atoms with Crippen LogP contribution in [-0.4, -0.2) is 13.4 Å². The monoisotopic (exact) mass is 273 g/mol. The molecular weight excluding hydrogens is 262 g/mol. The Morgan fingerprint density at radius 1 is 1.21 bits per heavy atom. The molecule has 5 nitrogen and oxygen atoms in total. The molecule has 1 N–H and O–H groups in total. The highest BCUT2D eigenvalue weighted by molar-refractivity contribution is 7.89. The molecule has 0 atom stereocenters. The topological polar surface area (TPSA) is 82.8 Å². The molecule has 0 unspecified atom stereocenters. The Hall–Kier alpha value is -2.23. The second-order valence-electron chi connectivity index (χ2n) is 3.79. The molecule has 0 spiro atoms. The zero-order chi connectivity index (χ0) is 13.7. The third-order valence-corrected chi connectivity index (χ3v) is 3.95. The van der Waals surface area contributed by atoms with Gasteiger partial charge in [0.2, 0.25) is 10.0 Å². The Bertz CT molecular complexity index is 706. The van der Waals surface area contributed by atoms with Crippen LogP contribution in [-0.2, 0) is 16.6 Å². The van der Waals surface area contributed by atoms with Crippen molar-refractivity contribution >= 4 is 10.0 Å². The molecule has 1 heterocycles. The van der Waals surface area contributed by atoms with E-state index in [1.165, 1.54) is 12.1 Å². The van der Waals surface area contributed by atoms with Crippen LogP contribution < -0.4 is 4.72 Å². The van der Waals surface area contributed by atoms with E-state index in [1.54, 1.807) is 36.7 Å². The molecule has 0 radical (unpaired) electrons. The van der Waals surface area contributed by atoms with Gasteiger partial charge in [0, 0.05) is 18.9 Å². The van der Waals surface area contributed by atoms with Gasteiger partial charge < -0.3 is 0 Å². The fourth-order valence-corrected chi connectivity index (χ4v) is 2.73. The molecule has 0 aliphatic rings. The number of rotatable bonds is 4. The van der Waals surface area contributed by atoms with Crippen LogP contribution in [0.1, 0.15) is 11.1 Å². The summed E-state index contributed by atoms with van der Waals surface area (Å²) in [6.45, 7) is 0.135. The van der Waals surface area contributed by atoms with E-state index < -0.39 is 10.0 Å². The van der Waals surface area contributed by atoms with Crippen LogP contribution in [0.5, 0.6) is 0 Å². The van der Waals surface area contributed by atoms with Crippen molar-refractivity contribution in [2.45, 2.75) is 11.4 Å². The Morgan fingerprint density at radius 3 is 2.68 bits per heavy atom. The van der Waals surface area contributed by atoms with Crippen molar-refractivity contribution in [1.82, 2.24) is 9.71 Å². The van der Waals surface area contributed by atoms with E-state index in [0.717, 1.165) is 5.56 Å². The molecule has 1 aromatic carbocycles. The summed E-state index contributed by atoms with van der Waals surface area (Å²) < 4.78 is 26.7. The van der Waals surface area contributed by atoms with E-state index in [0.29, 0.717) is 0 Å². The summed E-state index contributed by atoms with van der Waals surface area (Å²) in [6, 6.07) is 11.5. The predicted octanol–water partition coefficient (Wildman–Crippen LogP) is 1.43. The fourth-order valence-electron chi connectivity index (χ4n) is 1.55. The van der Waals surface area contributed by atoms with Crippen LogP contribution in [0.2, 0.25) is 0 Å². The van der Waals surface area contributed by atoms with Gasteiger partial charge in [-0.2, -0.15) is 5.26 Å². The Labute approximate surface area is 111 Å². The summed E-state index contributed by atoms with van der Waals surface area (Å²) in [4.78, 5) is 3.89. The van der Waals surface area contributed by atoms with Crippen LogP contribution in [0.25, 0.3) is 0 Å². The van der Waals surface area contributed by atoms with Crippen molar-refractivity contribution in [3.05, 3.63) is 59.9 Å². The highest BCUT2D eigenvalue weighted by Crippen LogP contribution is 2.14. The smallest absolute Gasteiger partial charge is 0.242 e. The van der Waals surface area contributed by atoms with E-state index in [2.05, 4.69) is 9.71 Å². The zero-order valence-corrected chi connectivity index (χ0v) is 10.8. The van der Waals surface area contributed by atoms with E-state index in [1.807, 2.05) is 6.07 Å². The summed E-state index contributed by atoms with van der Waals surface area (Å²) in [5.74, 6) is 0. The molecule has 0 fully saturated rings. The first-order valence-corrected chi connectivity index (χ1v) is 6.99. The lowest BCUT2D eigenvalue weighted by Gasteiger charge is -2.07. The van der Waals surface area contributed by atoms with Gasteiger partial charge in [0.25, 0.3) is 0 Å². The van der Waals surface area contributed by atoms with Crippen LogP contribution in [0, 0.1) is 11.3 Å². The Morgan fingerprint density at radius 2 is 2.00 bits per heavy atom. The van der Waals surface area contributed by atoms with Crippen LogP contribution >= 0.6 is 0 Å². The summed E-state index contributed by atoms with van der Waals surface area (Å²) in [7, 11) is -3.70. The maximum absolute atomic E-state index is 12.1. The van der Waals surface area contributed by atoms with Gasteiger partial charge in [-0.15, -0.1) is 0 Å². The fraction of sp³-hybridized carbons (Fsp3) is 0.0769. The maximum Gasteiger partial charge on any atom is 0.242 e. The zero-order valence-electron chi connectivity index (χ0n) is 9.95. The van der Waals surface area contributed by atoms with Gasteiger partial charge in [-0.05, 0) is 23.8 Å². The van der Waals surface area contributed by atoms with E-state index in [9.17, 15) is 8.42 Å². The molecule has 0 saturated heterocycles. The molecule has 6 heteroatoms. The maximum atomic E-state index is 12.1. The first-order chi connectivity index (χ1) is 9.13. The van der Waals surface area contributed by atoms with Gasteiger partial charge in [-0.25, -0.2) is 13.1 Å². The quantitative estimate of drug-likeness (QED) is 0.913. The standard InChI is InChI=1S/C13H11N3O2S/c14-8-12-5-1-2-6-13(12)19(17,18)16-10-11-4-3-7-15-9-11/h1-7,9,16H,10H2. The highest BCUT2D eigenvalue weighted by Gasteiger charge is 2.17. The van der Waals surface area contributed by atoms with Gasteiger partial charge in [0.05, 0.1) is 10.5 Å². The Balaban J connectivity index is 2.22. The molecule has 2 aromatic rings. The molecule has 2 rings (SSSR count). The first kappa shape index (κ1) is 13.2. The average Bonchev–Trinajstić information content (AvgIpc) is 2.46. The number of nitrogens with zero attached hydrogens (tertiary/aromatic N) is 2. The minimum atomic E-state index is -3.70.